The van der Waals surface area contributed by atoms with Gasteiger partial charge in [-0.25, -0.2) is 0 Å². The van der Waals surface area contributed by atoms with Crippen molar-refractivity contribution in [3.63, 3.8) is 0 Å². The van der Waals surface area contributed by atoms with Crippen LogP contribution >= 0.6 is 0 Å². The average molecular weight is 266 g/mol. The zero-order chi connectivity index (χ0) is 13.3. The number of aromatic nitrogens is 2. The second-order valence-electron chi connectivity index (χ2n) is 4.69. The van der Waals surface area contributed by atoms with Gasteiger partial charge in [-0.15, -0.1) is 0 Å². The lowest BCUT2D eigenvalue weighted by Gasteiger charge is -2.22. The summed E-state index contributed by atoms with van der Waals surface area (Å²) in [5.74, 6) is 0.0458. The second kappa shape index (κ2) is 7.91. The Kier molecular flexibility index (Phi) is 5.84. The minimum absolute atomic E-state index is 0.0458. The molecule has 19 heavy (non-hydrogen) atoms. The Morgan fingerprint density at radius 1 is 1.47 bits per heavy atom. The third-order valence-electron chi connectivity index (χ3n) is 3.19. The first kappa shape index (κ1) is 14.0. The van der Waals surface area contributed by atoms with E-state index in [1.54, 1.807) is 10.9 Å². The number of amides is 1. The first-order chi connectivity index (χ1) is 9.34. The maximum atomic E-state index is 11.6. The van der Waals surface area contributed by atoms with E-state index in [4.69, 9.17) is 4.74 Å². The van der Waals surface area contributed by atoms with E-state index in [2.05, 4.69) is 15.7 Å². The monoisotopic (exact) mass is 266 g/mol. The molecular formula is C13H22N4O2. The molecule has 0 bridgehead atoms. The first-order valence-electron chi connectivity index (χ1n) is 6.91. The molecule has 0 saturated carbocycles. The standard InChI is InChI=1S/C13H22N4O2/c18-13(4-10-17-9-1-5-16-17)15-8-11-19-12-2-6-14-7-3-12/h1,5,9,12,14H,2-4,6-8,10-11H2,(H,15,18). The predicted molar refractivity (Wildman–Crippen MR) is 71.7 cm³/mol. The van der Waals surface area contributed by atoms with Gasteiger partial charge >= 0.3 is 0 Å². The Labute approximate surface area is 113 Å². The molecule has 1 aromatic heterocycles. The molecule has 0 aromatic carbocycles. The van der Waals surface area contributed by atoms with Crippen molar-refractivity contribution in [2.45, 2.75) is 31.9 Å². The van der Waals surface area contributed by atoms with Crippen molar-refractivity contribution in [3.05, 3.63) is 18.5 Å². The summed E-state index contributed by atoms with van der Waals surface area (Å²) in [6.07, 6.45) is 6.50. The Bertz CT molecular complexity index is 361. The molecule has 1 aliphatic rings. The summed E-state index contributed by atoms with van der Waals surface area (Å²) >= 11 is 0. The second-order valence-corrected chi connectivity index (χ2v) is 4.69. The van der Waals surface area contributed by atoms with Crippen LogP contribution < -0.4 is 10.6 Å². The molecule has 1 aliphatic heterocycles. The van der Waals surface area contributed by atoms with Gasteiger partial charge in [-0.05, 0) is 32.0 Å². The molecule has 1 aromatic rings. The van der Waals surface area contributed by atoms with Gasteiger partial charge in [0.15, 0.2) is 0 Å². The number of carbonyl (C=O) groups excluding carboxylic acids is 1. The molecular weight excluding hydrogens is 244 g/mol. The summed E-state index contributed by atoms with van der Waals surface area (Å²) in [6.45, 7) is 3.86. The summed E-state index contributed by atoms with van der Waals surface area (Å²) in [7, 11) is 0. The third-order valence-corrected chi connectivity index (χ3v) is 3.19. The highest BCUT2D eigenvalue weighted by molar-refractivity contribution is 5.75. The van der Waals surface area contributed by atoms with Gasteiger partial charge in [0.25, 0.3) is 0 Å². The summed E-state index contributed by atoms with van der Waals surface area (Å²) < 4.78 is 7.47. The molecule has 0 radical (unpaired) electrons. The van der Waals surface area contributed by atoms with Crippen molar-refractivity contribution in [2.75, 3.05) is 26.2 Å². The number of nitrogens with zero attached hydrogens (tertiary/aromatic N) is 2. The fourth-order valence-electron chi connectivity index (χ4n) is 2.12. The number of ether oxygens (including phenoxy) is 1. The van der Waals surface area contributed by atoms with Crippen LogP contribution in [0.4, 0.5) is 0 Å². The molecule has 2 N–H and O–H groups in total. The molecule has 2 heterocycles. The molecule has 0 unspecified atom stereocenters. The zero-order valence-electron chi connectivity index (χ0n) is 11.2. The van der Waals surface area contributed by atoms with E-state index in [1.165, 1.54) is 0 Å². The molecule has 1 saturated heterocycles. The molecule has 6 nitrogen and oxygen atoms in total. The van der Waals surface area contributed by atoms with Crippen molar-refractivity contribution in [2.24, 2.45) is 0 Å². The van der Waals surface area contributed by atoms with Crippen LogP contribution in [0, 0.1) is 0 Å². The van der Waals surface area contributed by atoms with E-state index in [0.717, 1.165) is 25.9 Å². The maximum Gasteiger partial charge on any atom is 0.221 e. The number of hydrogen-bond acceptors (Lipinski definition) is 4. The Hall–Kier alpha value is -1.40. The van der Waals surface area contributed by atoms with Crippen LogP contribution in [0.15, 0.2) is 18.5 Å². The molecule has 6 heteroatoms. The van der Waals surface area contributed by atoms with Gasteiger partial charge in [0.2, 0.25) is 5.91 Å². The van der Waals surface area contributed by atoms with Gasteiger partial charge < -0.3 is 15.4 Å². The fraction of sp³-hybridized carbons (Fsp3) is 0.692. The van der Waals surface area contributed by atoms with E-state index in [9.17, 15) is 4.79 Å². The minimum atomic E-state index is 0.0458. The SMILES string of the molecule is O=C(CCn1cccn1)NCCOC1CCNCC1. The van der Waals surface area contributed by atoms with Gasteiger partial charge in [-0.3, -0.25) is 9.48 Å². The summed E-state index contributed by atoms with van der Waals surface area (Å²) in [6, 6.07) is 1.85. The van der Waals surface area contributed by atoms with Gasteiger partial charge in [0.05, 0.1) is 12.7 Å². The number of rotatable bonds is 7. The van der Waals surface area contributed by atoms with E-state index in [-0.39, 0.29) is 5.91 Å². The van der Waals surface area contributed by atoms with Crippen LogP contribution in [0.3, 0.4) is 0 Å². The molecule has 1 amide bonds. The van der Waals surface area contributed by atoms with Crippen LogP contribution in [-0.2, 0) is 16.1 Å². The van der Waals surface area contributed by atoms with Crippen LogP contribution in [0.1, 0.15) is 19.3 Å². The number of nitrogens with one attached hydrogen (secondary N) is 2. The van der Waals surface area contributed by atoms with Crippen LogP contribution in [0.25, 0.3) is 0 Å². The molecule has 0 aliphatic carbocycles. The van der Waals surface area contributed by atoms with E-state index in [1.807, 2.05) is 12.3 Å². The quantitative estimate of drug-likeness (QED) is 0.690. The van der Waals surface area contributed by atoms with Gasteiger partial charge in [-0.1, -0.05) is 0 Å². The van der Waals surface area contributed by atoms with Crippen LogP contribution in [0.5, 0.6) is 0 Å². The Morgan fingerprint density at radius 2 is 2.32 bits per heavy atom. The third kappa shape index (κ3) is 5.40. The van der Waals surface area contributed by atoms with Crippen molar-refractivity contribution in [3.8, 4) is 0 Å². The largest absolute Gasteiger partial charge is 0.376 e. The highest BCUT2D eigenvalue weighted by atomic mass is 16.5. The van der Waals surface area contributed by atoms with E-state index >= 15 is 0 Å². The highest BCUT2D eigenvalue weighted by Gasteiger charge is 2.12. The average Bonchev–Trinajstić information content (AvgIpc) is 2.96. The molecule has 0 atom stereocenters. The van der Waals surface area contributed by atoms with Gasteiger partial charge in [0.1, 0.15) is 0 Å². The van der Waals surface area contributed by atoms with E-state index in [0.29, 0.717) is 32.2 Å². The number of hydrogen-bond donors (Lipinski definition) is 2. The Balaban J connectivity index is 1.49. The Morgan fingerprint density at radius 3 is 3.05 bits per heavy atom. The van der Waals surface area contributed by atoms with Gasteiger partial charge in [-0.2, -0.15) is 5.10 Å². The summed E-state index contributed by atoms with van der Waals surface area (Å²) in [4.78, 5) is 11.6. The number of aryl methyl sites for hydroxylation is 1. The van der Waals surface area contributed by atoms with Crippen LogP contribution in [-0.4, -0.2) is 48.0 Å². The zero-order valence-corrected chi connectivity index (χ0v) is 11.2. The minimum Gasteiger partial charge on any atom is -0.376 e. The first-order valence-corrected chi connectivity index (χ1v) is 6.91. The molecule has 2 rings (SSSR count). The maximum absolute atomic E-state index is 11.6. The smallest absolute Gasteiger partial charge is 0.221 e. The topological polar surface area (TPSA) is 68.2 Å². The summed E-state index contributed by atoms with van der Waals surface area (Å²) in [5, 5.41) is 10.2. The van der Waals surface area contributed by atoms with Crippen molar-refractivity contribution < 1.29 is 9.53 Å². The van der Waals surface area contributed by atoms with Crippen molar-refractivity contribution in [1.29, 1.82) is 0 Å². The van der Waals surface area contributed by atoms with Crippen molar-refractivity contribution >= 4 is 5.91 Å². The lowest BCUT2D eigenvalue weighted by molar-refractivity contribution is -0.121. The fourth-order valence-corrected chi connectivity index (χ4v) is 2.12. The molecule has 1 fully saturated rings. The number of piperidine rings is 1. The predicted octanol–water partition coefficient (Wildman–Crippen LogP) is 0.158. The van der Waals surface area contributed by atoms with Crippen LogP contribution in [0.2, 0.25) is 0 Å². The van der Waals surface area contributed by atoms with Crippen molar-refractivity contribution in [1.82, 2.24) is 20.4 Å². The number of carbonyl (C=O) groups is 1. The lowest BCUT2D eigenvalue weighted by Crippen LogP contribution is -2.35. The summed E-state index contributed by atoms with van der Waals surface area (Å²) in [5.41, 5.74) is 0. The normalized spacial score (nSPS) is 16.4. The molecule has 0 spiro atoms. The molecule has 106 valence electrons. The van der Waals surface area contributed by atoms with Gasteiger partial charge in [0, 0.05) is 31.9 Å². The lowest BCUT2D eigenvalue weighted by atomic mass is 10.1. The highest BCUT2D eigenvalue weighted by Crippen LogP contribution is 2.06. The van der Waals surface area contributed by atoms with E-state index < -0.39 is 0 Å².